The van der Waals surface area contributed by atoms with Crippen molar-refractivity contribution in [1.82, 2.24) is 5.32 Å². The number of ether oxygens (including phenoxy) is 1. The third-order valence-corrected chi connectivity index (χ3v) is 7.15. The SMILES string of the molecule is O=C(N[C@H](Cc1cc(I)c(O)c(I)c1)C(=O)Nc1ccc(N=Nc2ccccc2)cc1)OCc1ccccc1. The molecular weight excluding hydrogens is 722 g/mol. The second kappa shape index (κ2) is 14.0. The molecule has 3 N–H and O–H groups in total. The zero-order valence-corrected chi connectivity index (χ0v) is 24.9. The van der Waals surface area contributed by atoms with Crippen LogP contribution in [0, 0.1) is 7.14 Å². The Bertz CT molecular complexity index is 1430. The van der Waals surface area contributed by atoms with Gasteiger partial charge in [-0.25, -0.2) is 4.79 Å². The second-order valence-corrected chi connectivity index (χ2v) is 10.8. The first-order chi connectivity index (χ1) is 18.9. The van der Waals surface area contributed by atoms with E-state index in [0.29, 0.717) is 18.5 Å². The molecule has 4 rings (SSSR count). The van der Waals surface area contributed by atoms with Gasteiger partial charge in [-0.2, -0.15) is 10.2 Å². The molecule has 0 unspecified atom stereocenters. The highest BCUT2D eigenvalue weighted by Gasteiger charge is 2.23. The van der Waals surface area contributed by atoms with E-state index in [1.54, 1.807) is 36.4 Å². The van der Waals surface area contributed by atoms with E-state index in [4.69, 9.17) is 4.74 Å². The number of halogens is 2. The van der Waals surface area contributed by atoms with Crippen molar-refractivity contribution in [2.75, 3.05) is 5.32 Å². The summed E-state index contributed by atoms with van der Waals surface area (Å²) in [5.41, 5.74) is 3.52. The number of carbonyl (C=O) groups is 2. The minimum Gasteiger partial charge on any atom is -0.506 e. The number of phenolic OH excluding ortho intramolecular Hbond substituents is 1. The molecule has 0 heterocycles. The standard InChI is InChI=1S/C29H24I2N4O4/c30-24-15-20(16-25(31)27(24)36)17-26(33-29(38)39-18-19-7-3-1-4-8-19)28(37)32-21-11-13-23(14-12-21)35-34-22-9-5-2-6-10-22/h1-16,26,36H,17-18H2,(H,32,37)(H,33,38)/t26-/m1/s1. The quantitative estimate of drug-likeness (QED) is 0.122. The predicted octanol–water partition coefficient (Wildman–Crippen LogP) is 7.49. The van der Waals surface area contributed by atoms with Crippen LogP contribution in [-0.4, -0.2) is 23.1 Å². The van der Waals surface area contributed by atoms with Gasteiger partial charge in [-0.3, -0.25) is 4.79 Å². The minimum atomic E-state index is -0.929. The van der Waals surface area contributed by atoms with Gasteiger partial charge in [0, 0.05) is 12.1 Å². The largest absolute Gasteiger partial charge is 0.506 e. The first kappa shape index (κ1) is 28.5. The summed E-state index contributed by atoms with van der Waals surface area (Å²) in [6.07, 6.45) is -0.513. The van der Waals surface area contributed by atoms with Crippen LogP contribution >= 0.6 is 45.2 Å². The smallest absolute Gasteiger partial charge is 0.408 e. The maximum atomic E-state index is 13.3. The van der Waals surface area contributed by atoms with Crippen LogP contribution in [0.15, 0.2) is 107 Å². The fourth-order valence-corrected chi connectivity index (χ4v) is 5.44. The molecule has 2 amide bonds. The highest BCUT2D eigenvalue weighted by atomic mass is 127. The van der Waals surface area contributed by atoms with Crippen molar-refractivity contribution < 1.29 is 19.4 Å². The number of alkyl carbamates (subject to hydrolysis) is 1. The lowest BCUT2D eigenvalue weighted by atomic mass is 10.0. The zero-order chi connectivity index (χ0) is 27.6. The molecule has 8 nitrogen and oxygen atoms in total. The van der Waals surface area contributed by atoms with Crippen LogP contribution in [0.3, 0.4) is 0 Å². The summed E-state index contributed by atoms with van der Waals surface area (Å²) in [5, 5.41) is 24.1. The molecule has 10 heteroatoms. The van der Waals surface area contributed by atoms with E-state index in [9.17, 15) is 14.7 Å². The summed E-state index contributed by atoms with van der Waals surface area (Å²) in [6.45, 7) is 0.0784. The lowest BCUT2D eigenvalue weighted by molar-refractivity contribution is -0.118. The summed E-state index contributed by atoms with van der Waals surface area (Å²) < 4.78 is 6.65. The topological polar surface area (TPSA) is 112 Å². The molecule has 0 fully saturated rings. The van der Waals surface area contributed by atoms with Crippen LogP contribution in [-0.2, 0) is 22.6 Å². The van der Waals surface area contributed by atoms with Gasteiger partial charge in [0.1, 0.15) is 18.4 Å². The van der Waals surface area contributed by atoms with Gasteiger partial charge >= 0.3 is 6.09 Å². The highest BCUT2D eigenvalue weighted by molar-refractivity contribution is 14.1. The Morgan fingerprint density at radius 1 is 0.795 bits per heavy atom. The second-order valence-electron chi connectivity index (χ2n) is 8.44. The van der Waals surface area contributed by atoms with Gasteiger partial charge in [0.15, 0.2) is 0 Å². The molecule has 0 aliphatic heterocycles. The highest BCUT2D eigenvalue weighted by Crippen LogP contribution is 2.28. The molecular formula is C29H24I2N4O4. The Morgan fingerprint density at radius 2 is 1.36 bits per heavy atom. The van der Waals surface area contributed by atoms with Crippen molar-refractivity contribution in [3.05, 3.63) is 115 Å². The number of rotatable bonds is 9. The number of hydrogen-bond acceptors (Lipinski definition) is 6. The number of hydrogen-bond donors (Lipinski definition) is 3. The number of anilines is 1. The maximum Gasteiger partial charge on any atom is 0.408 e. The summed E-state index contributed by atoms with van der Waals surface area (Å²) in [6, 6.07) is 28.2. The van der Waals surface area contributed by atoms with Crippen LogP contribution in [0.4, 0.5) is 21.9 Å². The number of azo groups is 1. The van der Waals surface area contributed by atoms with E-state index in [0.717, 1.165) is 16.8 Å². The number of aromatic hydroxyl groups is 1. The van der Waals surface area contributed by atoms with E-state index in [2.05, 4.69) is 20.9 Å². The Morgan fingerprint density at radius 3 is 1.97 bits per heavy atom. The summed E-state index contributed by atoms with van der Waals surface area (Å²) in [5.74, 6) is -0.232. The number of nitrogens with one attached hydrogen (secondary N) is 2. The number of amides is 2. The van der Waals surface area contributed by atoms with Gasteiger partial charge in [-0.05, 0) is 105 Å². The van der Waals surface area contributed by atoms with Gasteiger partial charge < -0.3 is 20.5 Å². The third-order valence-electron chi connectivity index (χ3n) is 5.51. The lowest BCUT2D eigenvalue weighted by Gasteiger charge is -2.19. The summed E-state index contributed by atoms with van der Waals surface area (Å²) in [7, 11) is 0. The molecule has 39 heavy (non-hydrogen) atoms. The average Bonchev–Trinajstić information content (AvgIpc) is 2.95. The van der Waals surface area contributed by atoms with E-state index < -0.39 is 18.0 Å². The number of nitrogens with zero attached hydrogens (tertiary/aromatic N) is 2. The number of phenols is 1. The van der Waals surface area contributed by atoms with Gasteiger partial charge in [0.05, 0.1) is 18.5 Å². The molecule has 0 aliphatic rings. The molecule has 0 bridgehead atoms. The fraction of sp³-hybridized carbons (Fsp3) is 0.103. The third kappa shape index (κ3) is 8.75. The van der Waals surface area contributed by atoms with Crippen LogP contribution in [0.25, 0.3) is 0 Å². The molecule has 0 aromatic heterocycles. The normalized spacial score (nSPS) is 11.6. The Hall–Kier alpha value is -3.52. The molecule has 0 saturated carbocycles. The van der Waals surface area contributed by atoms with Crippen molar-refractivity contribution in [2.24, 2.45) is 10.2 Å². The summed E-state index contributed by atoms with van der Waals surface area (Å²) >= 11 is 4.07. The lowest BCUT2D eigenvalue weighted by Crippen LogP contribution is -2.45. The van der Waals surface area contributed by atoms with E-state index >= 15 is 0 Å². The van der Waals surface area contributed by atoms with Crippen LogP contribution < -0.4 is 10.6 Å². The Labute approximate surface area is 253 Å². The monoisotopic (exact) mass is 746 g/mol. The number of benzene rings is 4. The molecule has 4 aromatic rings. The Kier molecular flexibility index (Phi) is 10.3. The van der Waals surface area contributed by atoms with Crippen LogP contribution in [0.1, 0.15) is 11.1 Å². The zero-order valence-electron chi connectivity index (χ0n) is 20.6. The minimum absolute atomic E-state index is 0.0784. The van der Waals surface area contributed by atoms with Gasteiger partial charge in [-0.1, -0.05) is 48.5 Å². The van der Waals surface area contributed by atoms with Crippen molar-refractivity contribution >= 4 is 74.2 Å². The molecule has 0 spiro atoms. The van der Waals surface area contributed by atoms with Gasteiger partial charge in [0.25, 0.3) is 0 Å². The molecule has 198 valence electrons. The number of carbonyl (C=O) groups excluding carboxylic acids is 2. The summed E-state index contributed by atoms with van der Waals surface area (Å²) in [4.78, 5) is 25.9. The molecule has 1 atom stereocenters. The molecule has 4 aromatic carbocycles. The predicted molar refractivity (Wildman–Crippen MR) is 166 cm³/mol. The van der Waals surface area contributed by atoms with Crippen molar-refractivity contribution in [2.45, 2.75) is 19.1 Å². The first-order valence-electron chi connectivity index (χ1n) is 11.9. The molecule has 0 aliphatic carbocycles. The first-order valence-corrected chi connectivity index (χ1v) is 14.0. The van der Waals surface area contributed by atoms with Gasteiger partial charge in [0.2, 0.25) is 5.91 Å². The van der Waals surface area contributed by atoms with Crippen molar-refractivity contribution in [1.29, 1.82) is 0 Å². The average molecular weight is 746 g/mol. The van der Waals surface area contributed by atoms with E-state index in [1.165, 1.54) is 0 Å². The van der Waals surface area contributed by atoms with E-state index in [-0.39, 0.29) is 18.8 Å². The van der Waals surface area contributed by atoms with Gasteiger partial charge in [-0.15, -0.1) is 0 Å². The fourth-order valence-electron chi connectivity index (χ4n) is 3.54. The van der Waals surface area contributed by atoms with Crippen LogP contribution in [0.2, 0.25) is 0 Å². The van der Waals surface area contributed by atoms with Crippen LogP contribution in [0.5, 0.6) is 5.75 Å². The van der Waals surface area contributed by atoms with Crippen molar-refractivity contribution in [3.63, 3.8) is 0 Å². The van der Waals surface area contributed by atoms with E-state index in [1.807, 2.05) is 106 Å². The van der Waals surface area contributed by atoms with Crippen molar-refractivity contribution in [3.8, 4) is 5.75 Å². The molecule has 0 radical (unpaired) electrons. The molecule has 0 saturated heterocycles. The Balaban J connectivity index is 1.45. The maximum absolute atomic E-state index is 13.3.